The summed E-state index contributed by atoms with van der Waals surface area (Å²) in [6, 6.07) is 5.65. The average Bonchev–Trinajstić information content (AvgIpc) is 2.28. The Balaban J connectivity index is 3.07. The van der Waals surface area contributed by atoms with E-state index in [0.29, 0.717) is 5.75 Å². The van der Waals surface area contributed by atoms with Crippen molar-refractivity contribution in [1.82, 2.24) is 0 Å². The summed E-state index contributed by atoms with van der Waals surface area (Å²) in [6.45, 7) is 3.77. The van der Waals surface area contributed by atoms with Crippen LogP contribution < -0.4 is 4.74 Å². The standard InChI is InChI=1S/C12H18O3S/c1-8(7-13)16-11-6-4-5-10(15-3)12(11)9(2)14/h4-6,8-9,13-14H,7H2,1-3H3/t8?,9-/m1/s1. The number of methoxy groups -OCH3 is 1. The van der Waals surface area contributed by atoms with Gasteiger partial charge >= 0.3 is 0 Å². The lowest BCUT2D eigenvalue weighted by atomic mass is 10.1. The van der Waals surface area contributed by atoms with Crippen molar-refractivity contribution in [1.29, 1.82) is 0 Å². The summed E-state index contributed by atoms with van der Waals surface area (Å²) in [5, 5.41) is 18.9. The molecule has 16 heavy (non-hydrogen) atoms. The van der Waals surface area contributed by atoms with E-state index in [4.69, 9.17) is 9.84 Å². The van der Waals surface area contributed by atoms with Crippen molar-refractivity contribution in [3.05, 3.63) is 23.8 Å². The summed E-state index contributed by atoms with van der Waals surface area (Å²) in [5.74, 6) is 0.685. The zero-order valence-corrected chi connectivity index (χ0v) is 10.6. The molecule has 1 rings (SSSR count). The average molecular weight is 242 g/mol. The third kappa shape index (κ3) is 3.14. The molecule has 1 aromatic rings. The molecule has 0 amide bonds. The number of aliphatic hydroxyl groups excluding tert-OH is 2. The van der Waals surface area contributed by atoms with E-state index < -0.39 is 6.10 Å². The van der Waals surface area contributed by atoms with Gasteiger partial charge in [-0.1, -0.05) is 13.0 Å². The van der Waals surface area contributed by atoms with Crippen molar-refractivity contribution in [2.75, 3.05) is 13.7 Å². The Morgan fingerprint density at radius 1 is 1.38 bits per heavy atom. The molecule has 3 nitrogen and oxygen atoms in total. The van der Waals surface area contributed by atoms with E-state index >= 15 is 0 Å². The van der Waals surface area contributed by atoms with Crippen molar-refractivity contribution in [3.63, 3.8) is 0 Å². The van der Waals surface area contributed by atoms with Gasteiger partial charge in [0.2, 0.25) is 0 Å². The molecule has 1 aromatic carbocycles. The van der Waals surface area contributed by atoms with Gasteiger partial charge in [-0.15, -0.1) is 11.8 Å². The van der Waals surface area contributed by atoms with Crippen molar-refractivity contribution in [2.45, 2.75) is 30.1 Å². The molecule has 0 fully saturated rings. The Morgan fingerprint density at radius 2 is 2.06 bits per heavy atom. The molecule has 1 unspecified atom stereocenters. The normalized spacial score (nSPS) is 14.6. The predicted octanol–water partition coefficient (Wildman–Crippen LogP) is 2.22. The Morgan fingerprint density at radius 3 is 2.56 bits per heavy atom. The number of benzene rings is 1. The maximum atomic E-state index is 9.75. The van der Waals surface area contributed by atoms with Crippen molar-refractivity contribution in [2.24, 2.45) is 0 Å². The number of hydrogen-bond acceptors (Lipinski definition) is 4. The summed E-state index contributed by atoms with van der Waals surface area (Å²) in [6.07, 6.45) is -0.579. The van der Waals surface area contributed by atoms with Crippen LogP contribution in [0.4, 0.5) is 0 Å². The zero-order valence-electron chi connectivity index (χ0n) is 9.80. The first-order valence-corrected chi connectivity index (χ1v) is 6.10. The lowest BCUT2D eigenvalue weighted by Gasteiger charge is -2.17. The third-order valence-corrected chi connectivity index (χ3v) is 3.41. The molecular formula is C12H18O3S. The number of rotatable bonds is 5. The third-order valence-electron chi connectivity index (χ3n) is 2.25. The van der Waals surface area contributed by atoms with E-state index in [-0.39, 0.29) is 11.9 Å². The van der Waals surface area contributed by atoms with Gasteiger partial charge < -0.3 is 14.9 Å². The van der Waals surface area contributed by atoms with E-state index in [1.807, 2.05) is 25.1 Å². The van der Waals surface area contributed by atoms with Crippen LogP contribution >= 0.6 is 11.8 Å². The molecule has 0 saturated carbocycles. The molecule has 0 radical (unpaired) electrons. The second kappa shape index (κ2) is 6.13. The maximum absolute atomic E-state index is 9.75. The maximum Gasteiger partial charge on any atom is 0.125 e. The van der Waals surface area contributed by atoms with Gasteiger partial charge in [-0.25, -0.2) is 0 Å². The Kier molecular flexibility index (Phi) is 5.12. The Hall–Kier alpha value is -0.710. The van der Waals surface area contributed by atoms with Crippen LogP contribution in [-0.2, 0) is 0 Å². The summed E-state index contributed by atoms with van der Waals surface area (Å²) in [7, 11) is 1.59. The van der Waals surface area contributed by atoms with Gasteiger partial charge in [-0.2, -0.15) is 0 Å². The lowest BCUT2D eigenvalue weighted by molar-refractivity contribution is 0.191. The fourth-order valence-electron chi connectivity index (χ4n) is 1.47. The Labute approximate surface area is 100 Å². The number of ether oxygens (including phenoxy) is 1. The smallest absolute Gasteiger partial charge is 0.125 e. The topological polar surface area (TPSA) is 49.7 Å². The van der Waals surface area contributed by atoms with Gasteiger partial charge in [-0.05, 0) is 19.1 Å². The fraction of sp³-hybridized carbons (Fsp3) is 0.500. The minimum Gasteiger partial charge on any atom is -0.496 e. The predicted molar refractivity (Wildman–Crippen MR) is 66.0 cm³/mol. The summed E-state index contributed by atoms with van der Waals surface area (Å²) < 4.78 is 5.23. The molecule has 0 heterocycles. The zero-order chi connectivity index (χ0) is 12.1. The highest BCUT2D eigenvalue weighted by Gasteiger charge is 2.16. The van der Waals surface area contributed by atoms with Gasteiger partial charge in [0.25, 0.3) is 0 Å². The molecule has 0 bridgehead atoms. The largest absolute Gasteiger partial charge is 0.496 e. The van der Waals surface area contributed by atoms with Crippen LogP contribution in [0.1, 0.15) is 25.5 Å². The van der Waals surface area contributed by atoms with E-state index in [2.05, 4.69) is 0 Å². The quantitative estimate of drug-likeness (QED) is 0.777. The van der Waals surface area contributed by atoms with E-state index in [0.717, 1.165) is 10.5 Å². The molecular weight excluding hydrogens is 224 g/mol. The van der Waals surface area contributed by atoms with E-state index in [1.54, 1.807) is 14.0 Å². The molecule has 2 atom stereocenters. The summed E-state index contributed by atoms with van der Waals surface area (Å²) in [4.78, 5) is 0.955. The first-order chi connectivity index (χ1) is 7.60. The Bertz CT molecular complexity index is 339. The van der Waals surface area contributed by atoms with Crippen LogP contribution in [0.15, 0.2) is 23.1 Å². The molecule has 90 valence electrons. The van der Waals surface area contributed by atoms with E-state index in [9.17, 15) is 5.11 Å². The number of aliphatic hydroxyl groups is 2. The minimum atomic E-state index is -0.579. The minimum absolute atomic E-state index is 0.101. The second-order valence-corrected chi connectivity index (χ2v) is 5.14. The van der Waals surface area contributed by atoms with E-state index in [1.165, 1.54) is 11.8 Å². The van der Waals surface area contributed by atoms with Crippen molar-refractivity contribution in [3.8, 4) is 5.75 Å². The SMILES string of the molecule is COc1cccc(SC(C)CO)c1[C@@H](C)O. The fourth-order valence-corrected chi connectivity index (χ4v) is 2.53. The molecule has 0 aliphatic rings. The summed E-state index contributed by atoms with van der Waals surface area (Å²) in [5.41, 5.74) is 0.787. The first kappa shape index (κ1) is 13.4. The molecule has 2 N–H and O–H groups in total. The lowest BCUT2D eigenvalue weighted by Crippen LogP contribution is -2.05. The van der Waals surface area contributed by atoms with Gasteiger partial charge in [0.15, 0.2) is 0 Å². The van der Waals surface area contributed by atoms with Crippen LogP contribution in [0.5, 0.6) is 5.75 Å². The highest BCUT2D eigenvalue weighted by Crippen LogP contribution is 2.36. The second-order valence-electron chi connectivity index (χ2n) is 3.66. The van der Waals surface area contributed by atoms with Crippen molar-refractivity contribution < 1.29 is 14.9 Å². The van der Waals surface area contributed by atoms with Crippen LogP contribution in [0, 0.1) is 0 Å². The van der Waals surface area contributed by atoms with Crippen LogP contribution in [-0.4, -0.2) is 29.2 Å². The van der Waals surface area contributed by atoms with Crippen LogP contribution in [0.25, 0.3) is 0 Å². The molecule has 0 aromatic heterocycles. The number of hydrogen-bond donors (Lipinski definition) is 2. The van der Waals surface area contributed by atoms with Gasteiger partial charge in [0.05, 0.1) is 19.8 Å². The molecule has 4 heteroatoms. The monoisotopic (exact) mass is 242 g/mol. The number of thioether (sulfide) groups is 1. The highest BCUT2D eigenvalue weighted by molar-refractivity contribution is 8.00. The molecule has 0 spiro atoms. The molecule has 0 saturated heterocycles. The van der Waals surface area contributed by atoms with Gasteiger partial charge in [-0.3, -0.25) is 0 Å². The molecule has 0 aliphatic carbocycles. The summed E-state index contributed by atoms with van der Waals surface area (Å²) >= 11 is 1.54. The van der Waals surface area contributed by atoms with Gasteiger partial charge in [0, 0.05) is 15.7 Å². The molecule has 0 aliphatic heterocycles. The van der Waals surface area contributed by atoms with Gasteiger partial charge in [0.1, 0.15) is 5.75 Å². The van der Waals surface area contributed by atoms with Crippen LogP contribution in [0.3, 0.4) is 0 Å². The van der Waals surface area contributed by atoms with Crippen molar-refractivity contribution >= 4 is 11.8 Å². The first-order valence-electron chi connectivity index (χ1n) is 5.22. The van der Waals surface area contributed by atoms with Crippen LogP contribution in [0.2, 0.25) is 0 Å². The highest BCUT2D eigenvalue weighted by atomic mass is 32.2.